The first-order chi connectivity index (χ1) is 15.0. The maximum absolute atomic E-state index is 13.3. The number of amides is 2. The molecule has 1 fully saturated rings. The van der Waals surface area contributed by atoms with Crippen LogP contribution < -0.4 is 14.4 Å². The second kappa shape index (κ2) is 8.95. The Labute approximate surface area is 184 Å². The Morgan fingerprint density at radius 2 is 1.84 bits per heavy atom. The van der Waals surface area contributed by atoms with Crippen LogP contribution in [0.25, 0.3) is 6.08 Å². The molecule has 7 nitrogen and oxygen atoms in total. The van der Waals surface area contributed by atoms with Crippen molar-refractivity contribution in [2.24, 2.45) is 0 Å². The molecule has 0 aromatic heterocycles. The Morgan fingerprint density at radius 1 is 1.16 bits per heavy atom. The van der Waals surface area contributed by atoms with Crippen LogP contribution in [0.5, 0.6) is 11.5 Å². The number of carboxylic acids is 1. The van der Waals surface area contributed by atoms with E-state index in [9.17, 15) is 27.6 Å². The minimum Gasteiger partial charge on any atom is -0.493 e. The van der Waals surface area contributed by atoms with Gasteiger partial charge in [-0.05, 0) is 54.6 Å². The van der Waals surface area contributed by atoms with Crippen LogP contribution >= 0.6 is 11.8 Å². The predicted molar refractivity (Wildman–Crippen MR) is 111 cm³/mol. The number of para-hydroxylation sites is 1. The quantitative estimate of drug-likeness (QED) is 0.610. The molecule has 11 heteroatoms. The number of benzene rings is 2. The monoisotopic (exact) mass is 467 g/mol. The van der Waals surface area contributed by atoms with Crippen LogP contribution in [-0.4, -0.2) is 35.4 Å². The summed E-state index contributed by atoms with van der Waals surface area (Å²) < 4.78 is 50.5. The maximum Gasteiger partial charge on any atom is 0.418 e. The number of halogens is 3. The van der Waals surface area contributed by atoms with Gasteiger partial charge in [-0.15, -0.1) is 0 Å². The average molecular weight is 467 g/mol. The molecular weight excluding hydrogens is 451 g/mol. The fraction of sp³-hybridized carbons (Fsp3) is 0.190. The SMILES string of the molecule is COc1cc(/C=C2/SC(=O)N(c3ccccc3C(F)(F)F)C2=O)ccc1OC(C)C(=O)O. The lowest BCUT2D eigenvalue weighted by Crippen LogP contribution is -2.30. The second-order valence-corrected chi connectivity index (χ2v) is 7.53. The van der Waals surface area contributed by atoms with Gasteiger partial charge in [-0.3, -0.25) is 9.59 Å². The van der Waals surface area contributed by atoms with Gasteiger partial charge in [0, 0.05) is 0 Å². The molecule has 1 N–H and O–H groups in total. The summed E-state index contributed by atoms with van der Waals surface area (Å²) in [6.45, 7) is 1.34. The maximum atomic E-state index is 13.3. The van der Waals surface area contributed by atoms with E-state index < -0.39 is 40.6 Å². The highest BCUT2D eigenvalue weighted by Gasteiger charge is 2.42. The summed E-state index contributed by atoms with van der Waals surface area (Å²) in [6.07, 6.45) is -4.56. The number of thioether (sulfide) groups is 1. The van der Waals surface area contributed by atoms with Crippen molar-refractivity contribution in [1.82, 2.24) is 0 Å². The number of hydrogen-bond acceptors (Lipinski definition) is 6. The fourth-order valence-corrected chi connectivity index (χ4v) is 3.68. The predicted octanol–water partition coefficient (Wildman–Crippen LogP) is 4.81. The van der Waals surface area contributed by atoms with Gasteiger partial charge in [-0.1, -0.05) is 18.2 Å². The molecule has 2 amide bonds. The standard InChI is InChI=1S/C21H16F3NO6S/c1-11(19(27)28)31-15-8-7-12(9-16(15)30-2)10-17-18(26)25(20(29)32-17)14-6-4-3-5-13(14)21(22,23)24/h3-11H,1-2H3,(H,27,28)/b17-10+. The summed E-state index contributed by atoms with van der Waals surface area (Å²) in [4.78, 5) is 36.5. The van der Waals surface area contributed by atoms with E-state index in [-0.39, 0.29) is 16.4 Å². The minimum absolute atomic E-state index is 0.0818. The van der Waals surface area contributed by atoms with Gasteiger partial charge >= 0.3 is 12.1 Å². The molecule has 3 rings (SSSR count). The Hall–Kier alpha value is -3.47. The zero-order valence-corrected chi connectivity index (χ0v) is 17.5. The van der Waals surface area contributed by atoms with Crippen LogP contribution in [0.4, 0.5) is 23.7 Å². The van der Waals surface area contributed by atoms with Gasteiger partial charge in [0.15, 0.2) is 17.6 Å². The second-order valence-electron chi connectivity index (χ2n) is 6.54. The van der Waals surface area contributed by atoms with Crippen molar-refractivity contribution in [1.29, 1.82) is 0 Å². The molecule has 32 heavy (non-hydrogen) atoms. The minimum atomic E-state index is -4.75. The summed E-state index contributed by atoms with van der Waals surface area (Å²) in [5.41, 5.74) is -1.25. The summed E-state index contributed by atoms with van der Waals surface area (Å²) in [5, 5.41) is 8.11. The highest BCUT2D eigenvalue weighted by molar-refractivity contribution is 8.19. The molecule has 1 saturated heterocycles. The van der Waals surface area contributed by atoms with Gasteiger partial charge < -0.3 is 14.6 Å². The summed E-state index contributed by atoms with van der Waals surface area (Å²) in [6, 6.07) is 8.69. The van der Waals surface area contributed by atoms with Crippen LogP contribution in [0.3, 0.4) is 0 Å². The molecule has 1 unspecified atom stereocenters. The van der Waals surface area contributed by atoms with Crippen molar-refractivity contribution >= 4 is 40.6 Å². The van der Waals surface area contributed by atoms with Crippen molar-refractivity contribution in [3.05, 3.63) is 58.5 Å². The van der Waals surface area contributed by atoms with E-state index in [0.29, 0.717) is 22.2 Å². The highest BCUT2D eigenvalue weighted by Crippen LogP contribution is 2.42. The number of aliphatic carboxylic acids is 1. The first-order valence-electron chi connectivity index (χ1n) is 9.04. The molecule has 1 heterocycles. The summed E-state index contributed by atoms with van der Waals surface area (Å²) in [7, 11) is 1.33. The Bertz CT molecular complexity index is 1110. The lowest BCUT2D eigenvalue weighted by Gasteiger charge is -2.18. The molecule has 168 valence electrons. The number of carboxylic acid groups (broad SMARTS) is 1. The fourth-order valence-electron chi connectivity index (χ4n) is 2.85. The third kappa shape index (κ3) is 4.72. The van der Waals surface area contributed by atoms with Gasteiger partial charge in [0.1, 0.15) is 0 Å². The number of carbonyl (C=O) groups is 3. The third-order valence-corrected chi connectivity index (χ3v) is 5.25. The molecule has 0 radical (unpaired) electrons. The Morgan fingerprint density at radius 3 is 2.47 bits per heavy atom. The number of alkyl halides is 3. The lowest BCUT2D eigenvalue weighted by atomic mass is 10.1. The zero-order chi connectivity index (χ0) is 23.6. The molecule has 0 saturated carbocycles. The van der Waals surface area contributed by atoms with Crippen LogP contribution in [-0.2, 0) is 15.8 Å². The van der Waals surface area contributed by atoms with Gasteiger partial charge in [-0.25, -0.2) is 9.69 Å². The van der Waals surface area contributed by atoms with Crippen molar-refractivity contribution < 1.29 is 42.1 Å². The number of rotatable bonds is 6. The first kappa shape index (κ1) is 23.2. The smallest absolute Gasteiger partial charge is 0.418 e. The van der Waals surface area contributed by atoms with Crippen LogP contribution in [0.15, 0.2) is 47.4 Å². The highest BCUT2D eigenvalue weighted by atomic mass is 32.2. The Balaban J connectivity index is 1.93. The van der Waals surface area contributed by atoms with E-state index in [0.717, 1.165) is 12.1 Å². The molecule has 0 aliphatic carbocycles. The summed E-state index contributed by atoms with van der Waals surface area (Å²) in [5.74, 6) is -1.75. The van der Waals surface area contributed by atoms with E-state index in [1.165, 1.54) is 50.4 Å². The zero-order valence-electron chi connectivity index (χ0n) is 16.7. The molecule has 1 aliphatic rings. The van der Waals surface area contributed by atoms with E-state index in [2.05, 4.69) is 0 Å². The van der Waals surface area contributed by atoms with Crippen LogP contribution in [0, 0.1) is 0 Å². The van der Waals surface area contributed by atoms with E-state index >= 15 is 0 Å². The topological polar surface area (TPSA) is 93.1 Å². The molecule has 0 bridgehead atoms. The normalized spacial score (nSPS) is 16.4. The summed E-state index contributed by atoms with van der Waals surface area (Å²) >= 11 is 0.504. The average Bonchev–Trinajstić information content (AvgIpc) is 3.01. The largest absolute Gasteiger partial charge is 0.493 e. The van der Waals surface area contributed by atoms with E-state index in [4.69, 9.17) is 14.6 Å². The van der Waals surface area contributed by atoms with Crippen molar-refractivity contribution in [2.75, 3.05) is 12.0 Å². The number of methoxy groups -OCH3 is 1. The molecule has 2 aromatic carbocycles. The molecule has 2 aromatic rings. The van der Waals surface area contributed by atoms with Crippen molar-refractivity contribution in [3.63, 3.8) is 0 Å². The number of carbonyl (C=O) groups excluding carboxylic acids is 2. The number of imide groups is 1. The van der Waals surface area contributed by atoms with Gasteiger partial charge in [-0.2, -0.15) is 13.2 Å². The molecule has 1 aliphatic heterocycles. The van der Waals surface area contributed by atoms with Crippen LogP contribution in [0.1, 0.15) is 18.1 Å². The van der Waals surface area contributed by atoms with Crippen molar-refractivity contribution in [3.8, 4) is 11.5 Å². The van der Waals surface area contributed by atoms with Gasteiger partial charge in [0.2, 0.25) is 0 Å². The number of hydrogen-bond donors (Lipinski definition) is 1. The van der Waals surface area contributed by atoms with Gasteiger partial charge in [0.25, 0.3) is 11.1 Å². The third-order valence-electron chi connectivity index (χ3n) is 4.38. The molecule has 1 atom stereocenters. The molecular formula is C21H16F3NO6S. The van der Waals surface area contributed by atoms with Crippen LogP contribution in [0.2, 0.25) is 0 Å². The Kier molecular flexibility index (Phi) is 6.49. The van der Waals surface area contributed by atoms with E-state index in [1.807, 2.05) is 0 Å². The number of nitrogens with zero attached hydrogens (tertiary/aromatic N) is 1. The number of ether oxygens (including phenoxy) is 2. The molecule has 0 spiro atoms. The van der Waals surface area contributed by atoms with E-state index in [1.54, 1.807) is 0 Å². The first-order valence-corrected chi connectivity index (χ1v) is 9.86. The van der Waals surface area contributed by atoms with Crippen molar-refractivity contribution in [2.45, 2.75) is 19.2 Å². The van der Waals surface area contributed by atoms with Gasteiger partial charge in [0.05, 0.1) is 23.3 Å². The lowest BCUT2D eigenvalue weighted by molar-refractivity contribution is -0.144. The number of anilines is 1.